The van der Waals surface area contributed by atoms with Crippen molar-refractivity contribution in [2.75, 3.05) is 0 Å². The number of benzene rings is 2. The number of hydrogen-bond acceptors (Lipinski definition) is 3. The first kappa shape index (κ1) is 17.7. The first-order chi connectivity index (χ1) is 12.8. The van der Waals surface area contributed by atoms with Crippen LogP contribution in [0.1, 0.15) is 37.4 Å². The highest BCUT2D eigenvalue weighted by atomic mass is 35.5. The number of nitrogens with one attached hydrogen (secondary N) is 1. The lowest BCUT2D eigenvalue weighted by atomic mass is 9.98. The van der Waals surface area contributed by atoms with Gasteiger partial charge in [-0.05, 0) is 57.2 Å². The van der Waals surface area contributed by atoms with Gasteiger partial charge in [0.25, 0.3) is 0 Å². The van der Waals surface area contributed by atoms with E-state index in [2.05, 4.69) is 5.32 Å². The molecule has 0 bridgehead atoms. The summed E-state index contributed by atoms with van der Waals surface area (Å²) in [6.07, 6.45) is 3.16. The van der Waals surface area contributed by atoms with E-state index in [0.29, 0.717) is 21.9 Å². The Labute approximate surface area is 163 Å². The molecule has 2 aromatic carbocycles. The average molecular weight is 381 g/mol. The Morgan fingerprint density at radius 2 is 1.93 bits per heavy atom. The molecule has 5 heteroatoms. The maximum absolute atomic E-state index is 13.2. The predicted octanol–water partition coefficient (Wildman–Crippen LogP) is 5.34. The highest BCUT2D eigenvalue weighted by Gasteiger charge is 2.33. The van der Waals surface area contributed by atoms with Crippen molar-refractivity contribution in [2.45, 2.75) is 32.5 Å². The highest BCUT2D eigenvalue weighted by Crippen LogP contribution is 2.37. The highest BCUT2D eigenvalue weighted by molar-refractivity contribution is 6.31. The van der Waals surface area contributed by atoms with Gasteiger partial charge in [-0.15, -0.1) is 0 Å². The molecular weight excluding hydrogens is 360 g/mol. The van der Waals surface area contributed by atoms with Gasteiger partial charge in [-0.25, -0.2) is 0 Å². The molecule has 1 aliphatic heterocycles. The third-order valence-corrected chi connectivity index (χ3v) is 4.73. The van der Waals surface area contributed by atoms with Crippen LogP contribution in [0.5, 0.6) is 5.75 Å². The summed E-state index contributed by atoms with van der Waals surface area (Å²) in [5.41, 5.74) is 1.94. The van der Waals surface area contributed by atoms with Crippen molar-refractivity contribution < 1.29 is 9.53 Å². The Bertz CT molecular complexity index is 1060. The SMILES string of the molecule is CC(C)(C)N/C=C1\C(=O)c2ccccc2OC1n1ccc2cc(Cl)ccc21. The Morgan fingerprint density at radius 3 is 2.70 bits per heavy atom. The summed E-state index contributed by atoms with van der Waals surface area (Å²) in [7, 11) is 0. The zero-order chi connectivity index (χ0) is 19.2. The summed E-state index contributed by atoms with van der Waals surface area (Å²) < 4.78 is 8.23. The molecule has 0 radical (unpaired) electrons. The van der Waals surface area contributed by atoms with E-state index in [-0.39, 0.29) is 11.3 Å². The van der Waals surface area contributed by atoms with Gasteiger partial charge in [0.15, 0.2) is 5.78 Å². The first-order valence-corrected chi connectivity index (χ1v) is 9.25. The van der Waals surface area contributed by atoms with Crippen molar-refractivity contribution in [1.29, 1.82) is 0 Å². The molecular formula is C22H21ClN2O2. The van der Waals surface area contributed by atoms with Crippen LogP contribution in [0.25, 0.3) is 10.9 Å². The van der Waals surface area contributed by atoms with Crippen LogP contribution < -0.4 is 10.1 Å². The van der Waals surface area contributed by atoms with Crippen molar-refractivity contribution >= 4 is 28.3 Å². The van der Waals surface area contributed by atoms with Crippen LogP contribution in [0.4, 0.5) is 0 Å². The van der Waals surface area contributed by atoms with Gasteiger partial charge in [0.05, 0.1) is 16.7 Å². The molecule has 1 aromatic heterocycles. The molecule has 4 nitrogen and oxygen atoms in total. The van der Waals surface area contributed by atoms with E-state index in [1.807, 2.05) is 74.0 Å². The number of para-hydroxylation sites is 1. The molecule has 1 atom stereocenters. The molecule has 0 fully saturated rings. The second-order valence-corrected chi connectivity index (χ2v) is 8.15. The second kappa shape index (κ2) is 6.46. The molecule has 0 aliphatic carbocycles. The number of Topliss-reactive ketones (excluding diaryl/α,β-unsaturated/α-hetero) is 1. The van der Waals surface area contributed by atoms with E-state index in [9.17, 15) is 4.79 Å². The number of carbonyl (C=O) groups excluding carboxylic acids is 1. The summed E-state index contributed by atoms with van der Waals surface area (Å²) in [4.78, 5) is 13.2. The molecule has 1 aliphatic rings. The molecule has 138 valence electrons. The Kier molecular flexibility index (Phi) is 4.23. The molecule has 1 N–H and O–H groups in total. The van der Waals surface area contributed by atoms with Crippen LogP contribution in [0.3, 0.4) is 0 Å². The molecule has 2 heterocycles. The molecule has 3 aromatic rings. The van der Waals surface area contributed by atoms with Gasteiger partial charge in [-0.1, -0.05) is 23.7 Å². The normalized spacial score (nSPS) is 18.4. The largest absolute Gasteiger partial charge is 0.465 e. The lowest BCUT2D eigenvalue weighted by molar-refractivity contribution is 0.0901. The van der Waals surface area contributed by atoms with E-state index in [4.69, 9.17) is 16.3 Å². The van der Waals surface area contributed by atoms with Crippen molar-refractivity contribution in [1.82, 2.24) is 9.88 Å². The van der Waals surface area contributed by atoms with Gasteiger partial charge in [0.1, 0.15) is 5.75 Å². The predicted molar refractivity (Wildman–Crippen MR) is 108 cm³/mol. The zero-order valence-corrected chi connectivity index (χ0v) is 16.2. The van der Waals surface area contributed by atoms with Crippen LogP contribution in [-0.4, -0.2) is 15.9 Å². The number of rotatable bonds is 2. The van der Waals surface area contributed by atoms with Crippen molar-refractivity contribution in [3.63, 3.8) is 0 Å². The summed E-state index contributed by atoms with van der Waals surface area (Å²) in [6, 6.07) is 15.0. The fourth-order valence-corrected chi connectivity index (χ4v) is 3.37. The third-order valence-electron chi connectivity index (χ3n) is 4.49. The first-order valence-electron chi connectivity index (χ1n) is 8.88. The van der Waals surface area contributed by atoms with Crippen LogP contribution in [0.2, 0.25) is 5.02 Å². The van der Waals surface area contributed by atoms with Crippen LogP contribution in [-0.2, 0) is 0 Å². The number of ketones is 1. The number of halogens is 1. The van der Waals surface area contributed by atoms with Gasteiger partial charge >= 0.3 is 0 Å². The van der Waals surface area contributed by atoms with Crippen molar-refractivity contribution in [3.8, 4) is 5.75 Å². The Hall–Kier alpha value is -2.72. The van der Waals surface area contributed by atoms with E-state index >= 15 is 0 Å². The summed E-state index contributed by atoms with van der Waals surface area (Å²) in [6.45, 7) is 6.15. The van der Waals surface area contributed by atoms with Crippen LogP contribution >= 0.6 is 11.6 Å². The minimum Gasteiger partial charge on any atom is -0.465 e. The van der Waals surface area contributed by atoms with Gasteiger partial charge in [-0.3, -0.25) is 4.79 Å². The minimum absolute atomic E-state index is 0.0330. The molecule has 0 amide bonds. The molecule has 27 heavy (non-hydrogen) atoms. The van der Waals surface area contributed by atoms with Crippen LogP contribution in [0, 0.1) is 0 Å². The number of nitrogens with zero attached hydrogens (tertiary/aromatic N) is 1. The van der Waals surface area contributed by atoms with Gasteiger partial charge in [0, 0.05) is 28.3 Å². The van der Waals surface area contributed by atoms with E-state index < -0.39 is 6.23 Å². The molecule has 1 unspecified atom stereocenters. The maximum Gasteiger partial charge on any atom is 0.207 e. The summed E-state index contributed by atoms with van der Waals surface area (Å²) in [5.74, 6) is 0.561. The Balaban J connectivity index is 1.86. The topological polar surface area (TPSA) is 43.3 Å². The molecule has 0 saturated carbocycles. The minimum atomic E-state index is -0.555. The van der Waals surface area contributed by atoms with Gasteiger partial charge in [-0.2, -0.15) is 0 Å². The quantitative estimate of drug-likeness (QED) is 0.610. The van der Waals surface area contributed by atoms with Crippen LogP contribution in [0.15, 0.2) is 66.5 Å². The lowest BCUT2D eigenvalue weighted by Gasteiger charge is -2.30. The van der Waals surface area contributed by atoms with Gasteiger partial charge < -0.3 is 14.6 Å². The number of carbonyl (C=O) groups is 1. The van der Waals surface area contributed by atoms with Crippen molar-refractivity contribution in [2.24, 2.45) is 0 Å². The Morgan fingerprint density at radius 1 is 1.15 bits per heavy atom. The fourth-order valence-electron chi connectivity index (χ4n) is 3.19. The van der Waals surface area contributed by atoms with E-state index in [1.165, 1.54) is 0 Å². The maximum atomic E-state index is 13.2. The number of ether oxygens (including phenoxy) is 1. The monoisotopic (exact) mass is 380 g/mol. The number of hydrogen-bond donors (Lipinski definition) is 1. The molecule has 0 saturated heterocycles. The number of aromatic nitrogens is 1. The zero-order valence-electron chi connectivity index (χ0n) is 15.5. The van der Waals surface area contributed by atoms with E-state index in [1.54, 1.807) is 12.3 Å². The standard InChI is InChI=1S/C22H21ClN2O2/c1-22(2,3)24-13-17-20(26)16-6-4-5-7-19(16)27-21(17)25-11-10-14-12-15(23)8-9-18(14)25/h4-13,21,24H,1-3H3/b17-13+. The third kappa shape index (κ3) is 3.33. The van der Waals surface area contributed by atoms with Gasteiger partial charge in [0.2, 0.25) is 6.23 Å². The van der Waals surface area contributed by atoms with E-state index in [0.717, 1.165) is 10.9 Å². The lowest BCUT2D eigenvalue weighted by Crippen LogP contribution is -2.35. The average Bonchev–Trinajstić information content (AvgIpc) is 3.02. The fraction of sp³-hybridized carbons (Fsp3) is 0.227. The summed E-state index contributed by atoms with van der Waals surface area (Å²) in [5, 5.41) is 4.98. The molecule has 0 spiro atoms. The summed E-state index contributed by atoms with van der Waals surface area (Å²) >= 11 is 6.12. The molecule has 4 rings (SSSR count). The smallest absolute Gasteiger partial charge is 0.207 e. The second-order valence-electron chi connectivity index (χ2n) is 7.72. The van der Waals surface area contributed by atoms with Crippen molar-refractivity contribution in [3.05, 3.63) is 77.1 Å². The number of fused-ring (bicyclic) bond motifs is 2.